The van der Waals surface area contributed by atoms with E-state index < -0.39 is 0 Å². The van der Waals surface area contributed by atoms with Gasteiger partial charge >= 0.3 is 0 Å². The highest BCUT2D eigenvalue weighted by atomic mass is 32.1. The molecule has 2 aromatic carbocycles. The van der Waals surface area contributed by atoms with E-state index >= 15 is 0 Å². The van der Waals surface area contributed by atoms with Gasteiger partial charge in [-0.2, -0.15) is 0 Å². The molecular weight excluding hydrogens is 423 g/mol. The normalized spacial score (nSPS) is 16.0. The summed E-state index contributed by atoms with van der Waals surface area (Å²) in [5.41, 5.74) is 2.97. The van der Waals surface area contributed by atoms with Gasteiger partial charge in [-0.1, -0.05) is 36.4 Å². The number of nitrogens with zero attached hydrogens (tertiary/aromatic N) is 3. The summed E-state index contributed by atoms with van der Waals surface area (Å²) in [6.07, 6.45) is 0.707. The first-order chi connectivity index (χ1) is 15.5. The number of benzene rings is 2. The summed E-state index contributed by atoms with van der Waals surface area (Å²) in [6, 6.07) is 17.1. The Bertz CT molecular complexity index is 1300. The molecule has 0 saturated carbocycles. The third-order valence-electron chi connectivity index (χ3n) is 5.85. The Morgan fingerprint density at radius 3 is 2.75 bits per heavy atom. The highest BCUT2D eigenvalue weighted by Gasteiger charge is 2.25. The fraction of sp³-hybridized carbons (Fsp3) is 0.240. The minimum atomic E-state index is -0.293. The zero-order chi connectivity index (χ0) is 22.2. The second-order valence-corrected chi connectivity index (χ2v) is 9.11. The third kappa shape index (κ3) is 3.96. The molecule has 5 nitrogen and oxygen atoms in total. The van der Waals surface area contributed by atoms with E-state index in [1.165, 1.54) is 12.1 Å². The summed E-state index contributed by atoms with van der Waals surface area (Å²) < 4.78 is 14.0. The highest BCUT2D eigenvalue weighted by Crippen LogP contribution is 2.37. The Labute approximate surface area is 189 Å². The maximum Gasteiger partial charge on any atom is 0.219 e. The van der Waals surface area contributed by atoms with E-state index in [1.54, 1.807) is 23.2 Å². The molecule has 0 saturated heterocycles. The summed E-state index contributed by atoms with van der Waals surface area (Å²) in [6.45, 7) is 4.45. The lowest BCUT2D eigenvalue weighted by atomic mass is 9.99. The molecule has 5 rings (SSSR count). The summed E-state index contributed by atoms with van der Waals surface area (Å²) in [5, 5.41) is 4.57. The molecule has 4 aromatic rings. The Morgan fingerprint density at radius 1 is 1.16 bits per heavy atom. The number of anilines is 1. The SMILES string of the molecule is CC(=O)N1CCC(Nc2nc(C)nc3sc(-c4ccccc4)cc23)c2ccc(F)cc2C1. The predicted molar refractivity (Wildman–Crippen MR) is 126 cm³/mol. The van der Waals surface area contributed by atoms with Crippen LogP contribution in [0.1, 0.15) is 36.3 Å². The number of hydrogen-bond donors (Lipinski definition) is 1. The van der Waals surface area contributed by atoms with Gasteiger partial charge in [-0.3, -0.25) is 4.79 Å². The minimum absolute atomic E-state index is 0.00790. The molecule has 162 valence electrons. The van der Waals surface area contributed by atoms with Crippen LogP contribution in [-0.2, 0) is 11.3 Å². The van der Waals surface area contributed by atoms with Crippen molar-refractivity contribution in [2.45, 2.75) is 32.9 Å². The Morgan fingerprint density at radius 2 is 1.97 bits per heavy atom. The van der Waals surface area contributed by atoms with Gasteiger partial charge in [0.05, 0.1) is 11.4 Å². The summed E-state index contributed by atoms with van der Waals surface area (Å²) >= 11 is 1.64. The van der Waals surface area contributed by atoms with E-state index in [-0.39, 0.29) is 17.8 Å². The zero-order valence-electron chi connectivity index (χ0n) is 17.9. The third-order valence-corrected chi connectivity index (χ3v) is 6.93. The van der Waals surface area contributed by atoms with Gasteiger partial charge in [-0.05, 0) is 48.2 Å². The average molecular weight is 447 g/mol. The van der Waals surface area contributed by atoms with Crippen molar-refractivity contribution in [2.75, 3.05) is 11.9 Å². The van der Waals surface area contributed by atoms with Crippen LogP contribution in [0.15, 0.2) is 54.6 Å². The number of hydrogen-bond acceptors (Lipinski definition) is 5. The fourth-order valence-electron chi connectivity index (χ4n) is 4.24. The van der Waals surface area contributed by atoms with Gasteiger partial charge in [0.25, 0.3) is 0 Å². The van der Waals surface area contributed by atoms with Crippen LogP contribution in [0, 0.1) is 12.7 Å². The number of aromatic nitrogens is 2. The zero-order valence-corrected chi connectivity index (χ0v) is 18.7. The van der Waals surface area contributed by atoms with E-state index in [2.05, 4.69) is 28.5 Å². The van der Waals surface area contributed by atoms with Gasteiger partial charge in [0.1, 0.15) is 22.3 Å². The number of rotatable bonds is 3. The van der Waals surface area contributed by atoms with Crippen LogP contribution in [0.2, 0.25) is 0 Å². The lowest BCUT2D eigenvalue weighted by Gasteiger charge is -2.20. The Hall–Kier alpha value is -3.32. The molecule has 1 unspecified atom stereocenters. The first-order valence-electron chi connectivity index (χ1n) is 10.6. The van der Waals surface area contributed by atoms with Crippen molar-refractivity contribution in [2.24, 2.45) is 0 Å². The van der Waals surface area contributed by atoms with Crippen LogP contribution in [0.5, 0.6) is 0 Å². The van der Waals surface area contributed by atoms with Gasteiger partial charge in [0, 0.05) is 24.9 Å². The van der Waals surface area contributed by atoms with Gasteiger partial charge in [0.2, 0.25) is 5.91 Å². The van der Waals surface area contributed by atoms with Gasteiger partial charge in [-0.25, -0.2) is 14.4 Å². The minimum Gasteiger partial charge on any atom is -0.363 e. The number of aryl methyl sites for hydroxylation is 1. The molecule has 0 radical (unpaired) electrons. The number of carbonyl (C=O) groups is 1. The molecule has 1 aliphatic heterocycles. The number of amides is 1. The quantitative estimate of drug-likeness (QED) is 0.438. The number of thiophene rings is 1. The van der Waals surface area contributed by atoms with Crippen molar-refractivity contribution >= 4 is 33.3 Å². The molecule has 0 bridgehead atoms. The molecule has 7 heteroatoms. The van der Waals surface area contributed by atoms with Crippen molar-refractivity contribution in [3.8, 4) is 10.4 Å². The van der Waals surface area contributed by atoms with E-state index in [4.69, 9.17) is 4.98 Å². The van der Waals surface area contributed by atoms with Crippen molar-refractivity contribution in [3.05, 3.63) is 77.4 Å². The number of nitrogens with one attached hydrogen (secondary N) is 1. The summed E-state index contributed by atoms with van der Waals surface area (Å²) in [7, 11) is 0. The molecule has 0 fully saturated rings. The molecule has 2 aromatic heterocycles. The summed E-state index contributed by atoms with van der Waals surface area (Å²) in [4.78, 5) is 25.2. The molecule has 1 amide bonds. The van der Waals surface area contributed by atoms with Crippen molar-refractivity contribution in [1.29, 1.82) is 0 Å². The van der Waals surface area contributed by atoms with E-state index in [0.717, 1.165) is 37.6 Å². The maximum absolute atomic E-state index is 14.0. The van der Waals surface area contributed by atoms with E-state index in [9.17, 15) is 9.18 Å². The number of fused-ring (bicyclic) bond motifs is 2. The topological polar surface area (TPSA) is 58.1 Å². The Kier molecular flexibility index (Phi) is 5.35. The first kappa shape index (κ1) is 20.6. The van der Waals surface area contributed by atoms with E-state index in [1.807, 2.05) is 31.2 Å². The monoisotopic (exact) mass is 446 g/mol. The largest absolute Gasteiger partial charge is 0.363 e. The smallest absolute Gasteiger partial charge is 0.219 e. The van der Waals surface area contributed by atoms with Gasteiger partial charge in [-0.15, -0.1) is 11.3 Å². The van der Waals surface area contributed by atoms with E-state index in [0.29, 0.717) is 25.3 Å². The molecule has 1 aliphatic rings. The standard InChI is InChI=1S/C25H23FN4OS/c1-15-27-24(21-13-23(32-25(21)28-15)17-6-4-3-5-7-17)29-22-10-11-30(16(2)31)14-18-12-19(26)8-9-20(18)22/h3-9,12-13,22H,10-11,14H2,1-2H3,(H,27,28,29). The number of halogens is 1. The first-order valence-corrected chi connectivity index (χ1v) is 11.4. The highest BCUT2D eigenvalue weighted by molar-refractivity contribution is 7.21. The summed E-state index contributed by atoms with van der Waals surface area (Å²) in [5.74, 6) is 1.16. The van der Waals surface area contributed by atoms with Crippen molar-refractivity contribution in [1.82, 2.24) is 14.9 Å². The van der Waals surface area contributed by atoms with Crippen molar-refractivity contribution < 1.29 is 9.18 Å². The maximum atomic E-state index is 14.0. The van der Waals surface area contributed by atoms with Crippen LogP contribution in [0.25, 0.3) is 20.7 Å². The van der Waals surface area contributed by atoms with Crippen LogP contribution in [0.4, 0.5) is 10.2 Å². The molecular formula is C25H23FN4OS. The van der Waals surface area contributed by atoms with Gasteiger partial charge in [0.15, 0.2) is 0 Å². The molecule has 1 N–H and O–H groups in total. The average Bonchev–Trinajstić information content (AvgIpc) is 3.12. The molecule has 0 aliphatic carbocycles. The lowest BCUT2D eigenvalue weighted by molar-refractivity contribution is -0.129. The van der Waals surface area contributed by atoms with Crippen LogP contribution in [0.3, 0.4) is 0 Å². The van der Waals surface area contributed by atoms with Crippen LogP contribution in [-0.4, -0.2) is 27.3 Å². The van der Waals surface area contributed by atoms with Crippen molar-refractivity contribution in [3.63, 3.8) is 0 Å². The second-order valence-electron chi connectivity index (χ2n) is 8.08. The lowest BCUT2D eigenvalue weighted by Crippen LogP contribution is -2.28. The second kappa shape index (κ2) is 8.31. The number of carbonyl (C=O) groups excluding carboxylic acids is 1. The van der Waals surface area contributed by atoms with Crippen LogP contribution >= 0.6 is 11.3 Å². The predicted octanol–water partition coefficient (Wildman–Crippen LogP) is 5.71. The Balaban J connectivity index is 1.55. The fourth-order valence-corrected chi connectivity index (χ4v) is 5.33. The molecule has 1 atom stereocenters. The molecule has 32 heavy (non-hydrogen) atoms. The molecule has 3 heterocycles. The molecule has 0 spiro atoms. The van der Waals surface area contributed by atoms with Crippen LogP contribution < -0.4 is 5.32 Å². The van der Waals surface area contributed by atoms with Gasteiger partial charge < -0.3 is 10.2 Å².